The molecule has 0 aromatic carbocycles. The highest BCUT2D eigenvalue weighted by Gasteiger charge is 2.31. The molecule has 0 saturated heterocycles. The van der Waals surface area contributed by atoms with Crippen LogP contribution < -0.4 is 0 Å². The Morgan fingerprint density at radius 2 is 2.15 bits per heavy atom. The number of aliphatic hydroxyl groups is 1. The molecule has 2 rings (SSSR count). The number of nitrogens with one attached hydrogen (secondary N) is 1. The number of amidine groups is 1. The first-order chi connectivity index (χ1) is 9.28. The first kappa shape index (κ1) is 15.1. The standard InChI is InChI=1S/C11H12N2O4S3/c1-13(2)11(12)20(16,17)8-3-7-9(15)6(4-14)5-18-10(7)19-8/h3-4,12,14H,5H2,1-2H3. The highest BCUT2D eigenvalue weighted by molar-refractivity contribution is 8.08. The third kappa shape index (κ3) is 2.36. The Balaban J connectivity index is 2.50. The van der Waals surface area contributed by atoms with Gasteiger partial charge in [0.25, 0.3) is 0 Å². The van der Waals surface area contributed by atoms with Crippen LogP contribution in [0.25, 0.3) is 0 Å². The van der Waals surface area contributed by atoms with E-state index in [1.54, 1.807) is 0 Å². The fourth-order valence-corrected chi connectivity index (χ4v) is 5.69. The normalized spacial score (nSPS) is 17.1. The van der Waals surface area contributed by atoms with E-state index in [-0.39, 0.29) is 21.1 Å². The van der Waals surface area contributed by atoms with Crippen molar-refractivity contribution in [3.8, 4) is 0 Å². The number of thioether (sulfide) groups is 1. The summed E-state index contributed by atoms with van der Waals surface area (Å²) in [7, 11) is -0.955. The minimum atomic E-state index is -3.90. The van der Waals surface area contributed by atoms with Crippen LogP contribution in [0.2, 0.25) is 0 Å². The molecule has 1 aromatic rings. The monoisotopic (exact) mass is 332 g/mol. The summed E-state index contributed by atoms with van der Waals surface area (Å²) < 4.78 is 25.0. The van der Waals surface area contributed by atoms with Gasteiger partial charge in [-0.3, -0.25) is 10.2 Å². The van der Waals surface area contributed by atoms with Gasteiger partial charge >= 0.3 is 0 Å². The molecule has 1 aliphatic rings. The van der Waals surface area contributed by atoms with Crippen LogP contribution >= 0.6 is 23.1 Å². The highest BCUT2D eigenvalue weighted by atomic mass is 32.2. The van der Waals surface area contributed by atoms with E-state index >= 15 is 0 Å². The van der Waals surface area contributed by atoms with E-state index in [0.717, 1.165) is 17.6 Å². The number of thiophene rings is 1. The quantitative estimate of drug-likeness (QED) is 0.352. The van der Waals surface area contributed by atoms with E-state index in [4.69, 9.17) is 10.5 Å². The summed E-state index contributed by atoms with van der Waals surface area (Å²) in [6.45, 7) is 0. The van der Waals surface area contributed by atoms with Gasteiger partial charge in [-0.25, -0.2) is 8.42 Å². The van der Waals surface area contributed by atoms with Gasteiger partial charge in [-0.05, 0) is 6.07 Å². The maximum absolute atomic E-state index is 12.2. The lowest BCUT2D eigenvalue weighted by molar-refractivity contribution is 0.102. The van der Waals surface area contributed by atoms with Gasteiger partial charge in [-0.1, -0.05) is 0 Å². The number of carbonyl (C=O) groups is 1. The summed E-state index contributed by atoms with van der Waals surface area (Å²) in [6, 6.07) is 1.28. The minimum Gasteiger partial charge on any atom is -0.515 e. The molecule has 0 fully saturated rings. The van der Waals surface area contributed by atoms with Gasteiger partial charge in [-0.2, -0.15) is 0 Å². The Morgan fingerprint density at radius 3 is 2.70 bits per heavy atom. The number of ketones is 1. The van der Waals surface area contributed by atoms with Crippen molar-refractivity contribution in [2.45, 2.75) is 8.42 Å². The Kier molecular flexibility index (Phi) is 3.94. The first-order valence-electron chi connectivity index (χ1n) is 5.44. The number of sulfone groups is 1. The van der Waals surface area contributed by atoms with Crippen molar-refractivity contribution in [2.75, 3.05) is 19.8 Å². The van der Waals surface area contributed by atoms with Gasteiger partial charge in [0, 0.05) is 31.0 Å². The van der Waals surface area contributed by atoms with E-state index in [1.165, 1.54) is 36.8 Å². The minimum absolute atomic E-state index is 0.0266. The van der Waals surface area contributed by atoms with Crippen molar-refractivity contribution in [1.82, 2.24) is 4.90 Å². The second kappa shape index (κ2) is 5.23. The van der Waals surface area contributed by atoms with Gasteiger partial charge < -0.3 is 10.0 Å². The van der Waals surface area contributed by atoms with Crippen LogP contribution in [0.15, 0.2) is 26.3 Å². The molecule has 108 valence electrons. The van der Waals surface area contributed by atoms with Crippen molar-refractivity contribution in [3.05, 3.63) is 23.5 Å². The molecular weight excluding hydrogens is 320 g/mol. The highest BCUT2D eigenvalue weighted by Crippen LogP contribution is 2.40. The second-order valence-corrected chi connectivity index (χ2v) is 8.63. The molecule has 0 spiro atoms. The van der Waals surface area contributed by atoms with Crippen molar-refractivity contribution in [3.63, 3.8) is 0 Å². The lowest BCUT2D eigenvalue weighted by Gasteiger charge is -2.12. The maximum Gasteiger partial charge on any atom is 0.248 e. The molecule has 1 aromatic heterocycles. The largest absolute Gasteiger partial charge is 0.515 e. The zero-order valence-electron chi connectivity index (χ0n) is 10.7. The predicted octanol–water partition coefficient (Wildman–Crippen LogP) is 1.75. The number of hydrogen-bond acceptors (Lipinski definition) is 7. The van der Waals surface area contributed by atoms with Crippen LogP contribution in [0.4, 0.5) is 0 Å². The van der Waals surface area contributed by atoms with E-state index in [9.17, 15) is 13.2 Å². The van der Waals surface area contributed by atoms with Crippen LogP contribution in [0, 0.1) is 5.41 Å². The summed E-state index contributed by atoms with van der Waals surface area (Å²) in [6.07, 6.45) is 0.756. The van der Waals surface area contributed by atoms with Crippen LogP contribution in [-0.4, -0.2) is 49.2 Å². The van der Waals surface area contributed by atoms with Gasteiger partial charge in [0.1, 0.15) is 4.21 Å². The second-order valence-electron chi connectivity index (χ2n) is 4.24. The number of Topliss-reactive ketones (excluding diaryl/α,β-unsaturated/α-hetero) is 1. The van der Waals surface area contributed by atoms with E-state index in [2.05, 4.69) is 0 Å². The molecule has 0 saturated carbocycles. The van der Waals surface area contributed by atoms with Gasteiger partial charge in [-0.15, -0.1) is 23.1 Å². The fraction of sp³-hybridized carbons (Fsp3) is 0.273. The molecule has 20 heavy (non-hydrogen) atoms. The maximum atomic E-state index is 12.2. The molecule has 1 aliphatic heterocycles. The lowest BCUT2D eigenvalue weighted by atomic mass is 10.1. The topological polar surface area (TPSA) is 98.5 Å². The van der Waals surface area contributed by atoms with Gasteiger partial charge in [0.05, 0.1) is 10.5 Å². The summed E-state index contributed by atoms with van der Waals surface area (Å²) >= 11 is 2.29. The number of aliphatic hydroxyl groups excluding tert-OH is 1. The molecule has 0 bridgehead atoms. The van der Waals surface area contributed by atoms with Crippen LogP contribution in [0.5, 0.6) is 0 Å². The number of fused-ring (bicyclic) bond motifs is 1. The number of rotatable bonds is 1. The Bertz CT molecular complexity index is 716. The summed E-state index contributed by atoms with van der Waals surface area (Å²) in [5.41, 5.74) is 0.517. The molecule has 9 heteroatoms. The summed E-state index contributed by atoms with van der Waals surface area (Å²) in [5.74, 6) is -0.0525. The number of hydrogen-bond donors (Lipinski definition) is 2. The Labute approximate surface area is 124 Å². The number of carbonyl (C=O) groups excluding carboxylic acids is 1. The molecule has 0 atom stereocenters. The van der Waals surface area contributed by atoms with Crippen molar-refractivity contribution in [2.24, 2.45) is 0 Å². The lowest BCUT2D eigenvalue weighted by Crippen LogP contribution is -2.28. The van der Waals surface area contributed by atoms with Gasteiger partial charge in [0.15, 0.2) is 5.78 Å². The average molecular weight is 332 g/mol. The van der Waals surface area contributed by atoms with E-state index in [0.29, 0.717) is 9.96 Å². The first-order valence-corrected chi connectivity index (χ1v) is 8.73. The van der Waals surface area contributed by atoms with E-state index in [1.807, 2.05) is 0 Å². The Morgan fingerprint density at radius 1 is 1.50 bits per heavy atom. The SMILES string of the molecule is CN(C)C(=N)S(=O)(=O)c1cc2c(s1)SCC(=CO)C2=O. The molecule has 2 N–H and O–H groups in total. The molecule has 0 aliphatic carbocycles. The zero-order chi connectivity index (χ0) is 15.1. The molecule has 0 amide bonds. The zero-order valence-corrected chi connectivity index (χ0v) is 13.2. The van der Waals surface area contributed by atoms with Crippen molar-refractivity contribution in [1.29, 1.82) is 5.41 Å². The molecule has 0 radical (unpaired) electrons. The predicted molar refractivity (Wildman–Crippen MR) is 78.7 cm³/mol. The molecule has 6 nitrogen and oxygen atoms in total. The summed E-state index contributed by atoms with van der Waals surface area (Å²) in [5, 5.41) is 16.1. The smallest absolute Gasteiger partial charge is 0.248 e. The summed E-state index contributed by atoms with van der Waals surface area (Å²) in [4.78, 5) is 13.2. The van der Waals surface area contributed by atoms with Gasteiger partial charge in [0.2, 0.25) is 15.0 Å². The molecular formula is C11H12N2O4S3. The van der Waals surface area contributed by atoms with Crippen LogP contribution in [-0.2, 0) is 9.84 Å². The van der Waals surface area contributed by atoms with Crippen LogP contribution in [0.1, 0.15) is 10.4 Å². The van der Waals surface area contributed by atoms with E-state index < -0.39 is 15.0 Å². The third-order valence-electron chi connectivity index (χ3n) is 2.65. The fourth-order valence-electron chi connectivity index (χ4n) is 1.56. The number of nitrogens with zero attached hydrogens (tertiary/aromatic N) is 1. The van der Waals surface area contributed by atoms with Crippen LogP contribution in [0.3, 0.4) is 0 Å². The Hall–Kier alpha value is -1.32. The third-order valence-corrected chi connectivity index (χ3v) is 7.35. The molecule has 2 heterocycles. The molecule has 0 unspecified atom stereocenters. The van der Waals surface area contributed by atoms with Crippen molar-refractivity contribution < 1.29 is 18.3 Å². The van der Waals surface area contributed by atoms with Crippen molar-refractivity contribution >= 4 is 43.9 Å². The average Bonchev–Trinajstić information content (AvgIpc) is 2.83.